The van der Waals surface area contributed by atoms with Gasteiger partial charge < -0.3 is 14.5 Å². The lowest BCUT2D eigenvalue weighted by Gasteiger charge is -2.17. The van der Waals surface area contributed by atoms with Gasteiger partial charge in [0.25, 0.3) is 5.56 Å². The number of nitrogens with zero attached hydrogens (tertiary/aromatic N) is 1. The van der Waals surface area contributed by atoms with E-state index in [4.69, 9.17) is 4.74 Å². The van der Waals surface area contributed by atoms with E-state index in [1.54, 1.807) is 0 Å². The number of rotatable bonds is 5. The fraction of sp³-hybridized carbons (Fsp3) is 0.350. The number of carbonyl (C=O) groups excluding carboxylic acids is 1. The zero-order valence-electron chi connectivity index (χ0n) is 15.5. The van der Waals surface area contributed by atoms with Gasteiger partial charge in [-0.15, -0.1) is 11.3 Å². The number of hydrogen-bond acceptors (Lipinski definition) is 6. The van der Waals surface area contributed by atoms with Crippen molar-refractivity contribution in [2.75, 3.05) is 0 Å². The van der Waals surface area contributed by atoms with Crippen LogP contribution in [0.25, 0.3) is 10.2 Å². The summed E-state index contributed by atoms with van der Waals surface area (Å²) in [5, 5.41) is 0.629. The number of esters is 1. The van der Waals surface area contributed by atoms with E-state index in [2.05, 4.69) is 21.6 Å². The van der Waals surface area contributed by atoms with Crippen molar-refractivity contribution in [2.45, 2.75) is 39.4 Å². The smallest absolute Gasteiger partial charge is 0.387 e. The van der Waals surface area contributed by atoms with Gasteiger partial charge in [0.2, 0.25) is 0 Å². The average Bonchev–Trinajstić information content (AvgIpc) is 3.03. The van der Waals surface area contributed by atoms with Gasteiger partial charge in [0.1, 0.15) is 23.0 Å². The zero-order valence-corrected chi connectivity index (χ0v) is 16.4. The summed E-state index contributed by atoms with van der Waals surface area (Å²) < 4.78 is 34.1. The molecule has 29 heavy (non-hydrogen) atoms. The summed E-state index contributed by atoms with van der Waals surface area (Å²) in [6.45, 7) is -1.03. The Morgan fingerprint density at radius 1 is 1.41 bits per heavy atom. The number of aromatic nitrogens is 2. The van der Waals surface area contributed by atoms with E-state index >= 15 is 0 Å². The summed E-state index contributed by atoms with van der Waals surface area (Å²) in [7, 11) is 0. The molecule has 6 nitrogen and oxygen atoms in total. The minimum absolute atomic E-state index is 0.0622. The highest BCUT2D eigenvalue weighted by molar-refractivity contribution is 7.18. The number of H-pyrrole nitrogens is 1. The Balaban J connectivity index is 1.51. The van der Waals surface area contributed by atoms with E-state index in [9.17, 15) is 18.4 Å². The first-order valence-corrected chi connectivity index (χ1v) is 9.98. The van der Waals surface area contributed by atoms with Gasteiger partial charge in [-0.2, -0.15) is 8.78 Å². The molecule has 0 fully saturated rings. The Morgan fingerprint density at radius 3 is 3.03 bits per heavy atom. The molecule has 3 aromatic rings. The maximum atomic E-state index is 12.6. The number of aryl methyl sites for hydroxylation is 1. The van der Waals surface area contributed by atoms with E-state index < -0.39 is 12.6 Å². The number of carbonyl (C=O) groups is 1. The van der Waals surface area contributed by atoms with Crippen LogP contribution in [0.15, 0.2) is 29.1 Å². The van der Waals surface area contributed by atoms with E-state index in [0.717, 1.165) is 24.8 Å². The molecule has 0 radical (unpaired) electrons. The van der Waals surface area contributed by atoms with Crippen LogP contribution in [-0.4, -0.2) is 22.5 Å². The molecule has 1 aromatic carbocycles. The third-order valence-electron chi connectivity index (χ3n) is 4.85. The Kier molecular flexibility index (Phi) is 5.31. The Hall–Kier alpha value is -2.81. The predicted molar refractivity (Wildman–Crippen MR) is 104 cm³/mol. The highest BCUT2D eigenvalue weighted by Crippen LogP contribution is 2.35. The van der Waals surface area contributed by atoms with Crippen molar-refractivity contribution in [3.05, 3.63) is 56.4 Å². The maximum Gasteiger partial charge on any atom is 0.387 e. The third kappa shape index (κ3) is 4.14. The summed E-state index contributed by atoms with van der Waals surface area (Å²) in [5.41, 5.74) is 0.906. The molecule has 1 unspecified atom stereocenters. The van der Waals surface area contributed by atoms with Crippen molar-refractivity contribution in [1.29, 1.82) is 0 Å². The van der Waals surface area contributed by atoms with Crippen LogP contribution < -0.4 is 10.3 Å². The zero-order chi connectivity index (χ0) is 20.5. The molecule has 1 aliphatic carbocycles. The molecule has 9 heteroatoms. The lowest BCUT2D eigenvalue weighted by molar-refractivity contribution is -0.0499. The van der Waals surface area contributed by atoms with E-state index in [0.29, 0.717) is 16.1 Å². The number of aromatic amines is 1. The molecule has 2 heterocycles. The van der Waals surface area contributed by atoms with Gasteiger partial charge in [-0.3, -0.25) is 4.79 Å². The van der Waals surface area contributed by atoms with Crippen molar-refractivity contribution in [2.24, 2.45) is 5.92 Å². The number of ether oxygens (including phenoxy) is 2. The molecule has 1 atom stereocenters. The second-order valence-electron chi connectivity index (χ2n) is 7.03. The predicted octanol–water partition coefficient (Wildman–Crippen LogP) is 4.07. The molecule has 0 aliphatic heterocycles. The molecule has 4 rings (SSSR count). The van der Waals surface area contributed by atoms with Crippen LogP contribution in [0.3, 0.4) is 0 Å². The van der Waals surface area contributed by atoms with E-state index in [-0.39, 0.29) is 29.3 Å². The Labute approximate surface area is 168 Å². The summed E-state index contributed by atoms with van der Waals surface area (Å²) in [6, 6.07) is 5.32. The van der Waals surface area contributed by atoms with Crippen molar-refractivity contribution in [3.63, 3.8) is 0 Å². The van der Waals surface area contributed by atoms with Crippen LogP contribution >= 0.6 is 11.3 Å². The van der Waals surface area contributed by atoms with Gasteiger partial charge in [0.05, 0.1) is 10.9 Å². The molecule has 152 valence electrons. The van der Waals surface area contributed by atoms with Gasteiger partial charge in [-0.1, -0.05) is 13.0 Å². The summed E-state index contributed by atoms with van der Waals surface area (Å²) in [6.07, 6.45) is 2.86. The molecule has 0 saturated carbocycles. The topological polar surface area (TPSA) is 81.3 Å². The van der Waals surface area contributed by atoms with Gasteiger partial charge in [0, 0.05) is 4.88 Å². The first kappa shape index (κ1) is 19.5. The maximum absolute atomic E-state index is 12.6. The number of thiophene rings is 1. The van der Waals surface area contributed by atoms with Crippen LogP contribution in [0.4, 0.5) is 8.78 Å². The van der Waals surface area contributed by atoms with Gasteiger partial charge in [-0.05, 0) is 48.9 Å². The summed E-state index contributed by atoms with van der Waals surface area (Å²) in [5.74, 6) is -0.0464. The number of halogens is 2. The van der Waals surface area contributed by atoms with E-state index in [1.165, 1.54) is 40.5 Å². The third-order valence-corrected chi connectivity index (χ3v) is 6.00. The Bertz CT molecular complexity index is 1130. The molecule has 0 amide bonds. The largest absolute Gasteiger partial charge is 0.454 e. The Morgan fingerprint density at radius 2 is 2.24 bits per heavy atom. The van der Waals surface area contributed by atoms with Gasteiger partial charge in [0.15, 0.2) is 0 Å². The van der Waals surface area contributed by atoms with Crippen LogP contribution in [0, 0.1) is 5.92 Å². The minimum atomic E-state index is -2.98. The van der Waals surface area contributed by atoms with Gasteiger partial charge >= 0.3 is 12.6 Å². The van der Waals surface area contributed by atoms with Crippen LogP contribution in [0.1, 0.15) is 40.0 Å². The molecule has 1 aliphatic rings. The normalized spacial score (nSPS) is 16.1. The lowest BCUT2D eigenvalue weighted by Crippen LogP contribution is -2.16. The molecular weight excluding hydrogens is 402 g/mol. The van der Waals surface area contributed by atoms with Crippen molar-refractivity contribution >= 4 is 27.5 Å². The molecule has 0 spiro atoms. The quantitative estimate of drug-likeness (QED) is 0.630. The molecule has 0 saturated heterocycles. The van der Waals surface area contributed by atoms with Crippen LogP contribution in [0.5, 0.6) is 5.75 Å². The number of hydrogen-bond donors (Lipinski definition) is 1. The highest BCUT2D eigenvalue weighted by atomic mass is 32.1. The van der Waals surface area contributed by atoms with Crippen LogP contribution in [-0.2, 0) is 24.2 Å². The minimum Gasteiger partial charge on any atom is -0.454 e. The van der Waals surface area contributed by atoms with Crippen molar-refractivity contribution < 1.29 is 23.0 Å². The molecule has 1 N–H and O–H groups in total. The van der Waals surface area contributed by atoms with Crippen molar-refractivity contribution in [3.8, 4) is 5.75 Å². The number of benzene rings is 1. The first-order valence-electron chi connectivity index (χ1n) is 9.16. The second kappa shape index (κ2) is 7.90. The highest BCUT2D eigenvalue weighted by Gasteiger charge is 2.23. The number of fused-ring (bicyclic) bond motifs is 3. The molecule has 0 bridgehead atoms. The molecule has 2 aromatic heterocycles. The molecular formula is C20H18F2N2O4S. The number of alkyl halides is 2. The first-order chi connectivity index (χ1) is 13.9. The van der Waals surface area contributed by atoms with E-state index in [1.807, 2.05) is 0 Å². The summed E-state index contributed by atoms with van der Waals surface area (Å²) >= 11 is 1.51. The average molecular weight is 420 g/mol. The fourth-order valence-electron chi connectivity index (χ4n) is 3.48. The fourth-order valence-corrected chi connectivity index (χ4v) is 4.88. The number of nitrogens with one attached hydrogen (secondary N) is 1. The van der Waals surface area contributed by atoms with Crippen molar-refractivity contribution in [1.82, 2.24) is 9.97 Å². The second-order valence-corrected chi connectivity index (χ2v) is 8.11. The monoisotopic (exact) mass is 420 g/mol. The van der Waals surface area contributed by atoms with Crippen LogP contribution in [0.2, 0.25) is 0 Å². The summed E-state index contributed by atoms with van der Waals surface area (Å²) in [4.78, 5) is 33.7. The standard InChI is InChI=1S/C20H18F2N2O4S/c1-10-5-6-13-14(7-10)29-18-16(13)17(25)23-15(24-18)9-27-19(26)11-3-2-4-12(8-11)28-20(21)22/h2-4,8,10,20H,5-7,9H2,1H3,(H,23,24,25). The lowest BCUT2D eigenvalue weighted by atomic mass is 9.89. The van der Waals surface area contributed by atoms with Gasteiger partial charge in [-0.25, -0.2) is 9.78 Å². The SMILES string of the molecule is CC1CCc2c(sc3nc(COC(=O)c4cccc(OC(F)F)c4)[nH]c(=O)c23)C1.